The number of ether oxygens (including phenoxy) is 2. The third-order valence-electron chi connectivity index (χ3n) is 5.59. The van der Waals surface area contributed by atoms with E-state index in [4.69, 9.17) is 13.9 Å². The maximum atomic E-state index is 12.9. The van der Waals surface area contributed by atoms with E-state index < -0.39 is 17.3 Å². The summed E-state index contributed by atoms with van der Waals surface area (Å²) in [5, 5.41) is 20.1. The molecule has 160 valence electrons. The van der Waals surface area contributed by atoms with Crippen LogP contribution < -0.4 is 14.9 Å². The van der Waals surface area contributed by atoms with E-state index in [0.29, 0.717) is 16.9 Å². The molecule has 0 spiro atoms. The predicted octanol–water partition coefficient (Wildman–Crippen LogP) is 4.32. The monoisotopic (exact) mass is 430 g/mol. The smallest absolute Gasteiger partial charge is 0.312 e. The van der Waals surface area contributed by atoms with Crippen LogP contribution in [0.3, 0.4) is 0 Å². The SMILES string of the molecule is COc1ccc([C@@H]2CC(=O)Oc3cc(O)c4c(=O)cc(-c5ccc(O)cc5)oc4c32)cc1. The van der Waals surface area contributed by atoms with E-state index in [1.165, 1.54) is 24.3 Å². The highest BCUT2D eigenvalue weighted by Crippen LogP contribution is 2.46. The van der Waals surface area contributed by atoms with Crippen molar-refractivity contribution >= 4 is 16.9 Å². The van der Waals surface area contributed by atoms with Crippen LogP contribution in [0.4, 0.5) is 0 Å². The predicted molar refractivity (Wildman–Crippen MR) is 116 cm³/mol. The van der Waals surface area contributed by atoms with Crippen LogP contribution in [0.2, 0.25) is 0 Å². The summed E-state index contributed by atoms with van der Waals surface area (Å²) in [5.74, 6) is -0.0539. The summed E-state index contributed by atoms with van der Waals surface area (Å²) >= 11 is 0. The maximum absolute atomic E-state index is 12.9. The molecule has 0 radical (unpaired) electrons. The summed E-state index contributed by atoms with van der Waals surface area (Å²) in [6, 6.07) is 16.0. The lowest BCUT2D eigenvalue weighted by Crippen LogP contribution is -2.22. The van der Waals surface area contributed by atoms with Crippen LogP contribution in [0.1, 0.15) is 23.5 Å². The minimum Gasteiger partial charge on any atom is -0.508 e. The van der Waals surface area contributed by atoms with Crippen molar-refractivity contribution in [3.63, 3.8) is 0 Å². The van der Waals surface area contributed by atoms with E-state index in [-0.39, 0.29) is 40.4 Å². The molecule has 1 aliphatic rings. The molecule has 5 rings (SSSR count). The molecule has 7 nitrogen and oxygen atoms in total. The van der Waals surface area contributed by atoms with Crippen molar-refractivity contribution in [3.8, 4) is 34.3 Å². The second-order valence-electron chi connectivity index (χ2n) is 7.54. The lowest BCUT2D eigenvalue weighted by atomic mass is 9.85. The molecule has 2 heterocycles. The Morgan fingerprint density at radius 3 is 2.38 bits per heavy atom. The number of fused-ring (bicyclic) bond motifs is 3. The Morgan fingerprint density at radius 1 is 0.969 bits per heavy atom. The zero-order valence-electron chi connectivity index (χ0n) is 17.0. The van der Waals surface area contributed by atoms with Crippen molar-refractivity contribution < 1.29 is 28.9 Å². The van der Waals surface area contributed by atoms with Crippen molar-refractivity contribution in [2.24, 2.45) is 0 Å². The van der Waals surface area contributed by atoms with Crippen molar-refractivity contribution in [1.29, 1.82) is 0 Å². The molecule has 0 amide bonds. The molecule has 7 heteroatoms. The molecular formula is C25H18O7. The molecule has 4 aromatic rings. The Bertz CT molecular complexity index is 1400. The van der Waals surface area contributed by atoms with Crippen molar-refractivity contribution in [3.05, 3.63) is 82.0 Å². The Morgan fingerprint density at radius 2 is 1.69 bits per heavy atom. The molecule has 0 unspecified atom stereocenters. The van der Waals surface area contributed by atoms with E-state index >= 15 is 0 Å². The normalized spacial score (nSPS) is 15.3. The summed E-state index contributed by atoms with van der Waals surface area (Å²) in [6.45, 7) is 0. The molecule has 2 N–H and O–H groups in total. The van der Waals surface area contributed by atoms with Crippen molar-refractivity contribution in [2.45, 2.75) is 12.3 Å². The Balaban J connectivity index is 1.78. The molecule has 0 fully saturated rings. The fraction of sp³-hybridized carbons (Fsp3) is 0.120. The summed E-state index contributed by atoms with van der Waals surface area (Å²) < 4.78 is 16.7. The molecule has 32 heavy (non-hydrogen) atoms. The highest BCUT2D eigenvalue weighted by Gasteiger charge is 2.33. The summed E-state index contributed by atoms with van der Waals surface area (Å²) in [7, 11) is 1.57. The second-order valence-corrected chi connectivity index (χ2v) is 7.54. The van der Waals surface area contributed by atoms with E-state index in [1.807, 2.05) is 12.1 Å². The number of methoxy groups -OCH3 is 1. The molecule has 3 aromatic carbocycles. The van der Waals surface area contributed by atoms with Gasteiger partial charge in [-0.3, -0.25) is 9.59 Å². The van der Waals surface area contributed by atoms with Crippen molar-refractivity contribution in [1.82, 2.24) is 0 Å². The first-order valence-electron chi connectivity index (χ1n) is 9.92. The summed E-state index contributed by atoms with van der Waals surface area (Å²) in [5.41, 5.74) is 1.63. The van der Waals surface area contributed by atoms with Gasteiger partial charge in [-0.2, -0.15) is 0 Å². The van der Waals surface area contributed by atoms with Gasteiger partial charge in [0, 0.05) is 29.2 Å². The molecule has 1 aromatic heterocycles. The molecule has 1 aliphatic heterocycles. The number of benzene rings is 3. The molecule has 1 atom stereocenters. The average molecular weight is 430 g/mol. The van der Waals surface area contributed by atoms with Gasteiger partial charge in [0.15, 0.2) is 5.43 Å². The van der Waals surface area contributed by atoms with Gasteiger partial charge in [-0.25, -0.2) is 0 Å². The standard InChI is InChI=1S/C25H18O7/c1-30-16-8-4-13(5-9-16)17-10-22(29)31-21-12-19(28)24-18(27)11-20(32-25(24)23(17)21)14-2-6-15(26)7-3-14/h2-9,11-12,17,26,28H,10H2,1H3/t17-/m0/s1. The first kappa shape index (κ1) is 19.7. The van der Waals surface area contributed by atoms with Crippen LogP contribution in [0.5, 0.6) is 23.0 Å². The summed E-state index contributed by atoms with van der Waals surface area (Å²) in [6.07, 6.45) is 0.0480. The molecular weight excluding hydrogens is 412 g/mol. The number of esters is 1. The van der Waals surface area contributed by atoms with Crippen LogP contribution >= 0.6 is 0 Å². The van der Waals surface area contributed by atoms with Crippen LogP contribution in [-0.4, -0.2) is 23.3 Å². The van der Waals surface area contributed by atoms with Crippen molar-refractivity contribution in [2.75, 3.05) is 7.11 Å². The van der Waals surface area contributed by atoms with Gasteiger partial charge in [0.1, 0.15) is 39.7 Å². The fourth-order valence-electron chi connectivity index (χ4n) is 4.05. The van der Waals surface area contributed by atoms with Crippen LogP contribution in [-0.2, 0) is 4.79 Å². The topological polar surface area (TPSA) is 106 Å². The first-order valence-corrected chi connectivity index (χ1v) is 9.92. The van der Waals surface area contributed by atoms with E-state index in [9.17, 15) is 19.8 Å². The largest absolute Gasteiger partial charge is 0.508 e. The number of phenolic OH excluding ortho intramolecular Hbond substituents is 2. The van der Waals surface area contributed by atoms with E-state index in [0.717, 1.165) is 5.56 Å². The Labute approximate surface area is 182 Å². The van der Waals surface area contributed by atoms with Gasteiger partial charge in [0.2, 0.25) is 0 Å². The highest BCUT2D eigenvalue weighted by atomic mass is 16.5. The van der Waals surface area contributed by atoms with Gasteiger partial charge in [-0.1, -0.05) is 12.1 Å². The van der Waals surface area contributed by atoms with E-state index in [1.54, 1.807) is 31.4 Å². The molecule has 0 aliphatic carbocycles. The van der Waals surface area contributed by atoms with Crippen LogP contribution in [0.15, 0.2) is 69.9 Å². The lowest BCUT2D eigenvalue weighted by Gasteiger charge is -2.26. The highest BCUT2D eigenvalue weighted by molar-refractivity contribution is 5.93. The first-order chi connectivity index (χ1) is 15.4. The van der Waals surface area contributed by atoms with Crippen LogP contribution in [0.25, 0.3) is 22.3 Å². The zero-order valence-corrected chi connectivity index (χ0v) is 17.0. The maximum Gasteiger partial charge on any atom is 0.312 e. The van der Waals surface area contributed by atoms with E-state index in [2.05, 4.69) is 0 Å². The number of carbonyl (C=O) groups excluding carboxylic acids is 1. The van der Waals surface area contributed by atoms with Crippen LogP contribution in [0, 0.1) is 0 Å². The van der Waals surface area contributed by atoms with Gasteiger partial charge in [-0.15, -0.1) is 0 Å². The Hall–Kier alpha value is -4.26. The van der Waals surface area contributed by atoms with Gasteiger partial charge in [0.05, 0.1) is 13.5 Å². The number of rotatable bonds is 3. The third kappa shape index (κ3) is 3.24. The minimum absolute atomic E-state index is 0.0164. The Kier molecular flexibility index (Phi) is 4.59. The third-order valence-corrected chi connectivity index (χ3v) is 5.59. The van der Waals surface area contributed by atoms with Gasteiger partial charge < -0.3 is 24.1 Å². The quantitative estimate of drug-likeness (QED) is 0.368. The minimum atomic E-state index is -0.450. The average Bonchev–Trinajstić information content (AvgIpc) is 2.78. The molecule has 0 saturated carbocycles. The number of hydrogen-bond acceptors (Lipinski definition) is 7. The summed E-state index contributed by atoms with van der Waals surface area (Å²) in [4.78, 5) is 25.3. The van der Waals surface area contributed by atoms with Gasteiger partial charge in [0.25, 0.3) is 0 Å². The fourth-order valence-corrected chi connectivity index (χ4v) is 4.05. The lowest BCUT2D eigenvalue weighted by molar-refractivity contribution is -0.135. The zero-order chi connectivity index (χ0) is 22.4. The number of hydrogen-bond donors (Lipinski definition) is 2. The molecule has 0 saturated heterocycles. The number of carbonyl (C=O) groups is 1. The van der Waals surface area contributed by atoms with Gasteiger partial charge >= 0.3 is 5.97 Å². The number of aromatic hydroxyl groups is 2. The van der Waals surface area contributed by atoms with Gasteiger partial charge in [-0.05, 0) is 42.0 Å². The second kappa shape index (κ2) is 7.46. The molecule has 0 bridgehead atoms. The number of phenols is 2.